The van der Waals surface area contributed by atoms with E-state index in [1.54, 1.807) is 12.3 Å². The molecule has 2 aromatic heterocycles. The summed E-state index contributed by atoms with van der Waals surface area (Å²) in [6.07, 6.45) is 1.48. The summed E-state index contributed by atoms with van der Waals surface area (Å²) in [5.74, 6) is 0.230. The summed E-state index contributed by atoms with van der Waals surface area (Å²) in [5, 5.41) is 5.67. The number of thiophene rings is 1. The summed E-state index contributed by atoms with van der Waals surface area (Å²) in [5.41, 5.74) is 1.36. The summed E-state index contributed by atoms with van der Waals surface area (Å²) in [7, 11) is 0. The molecule has 112 valence electrons. The van der Waals surface area contributed by atoms with Crippen LogP contribution in [0.1, 0.15) is 17.3 Å². The molecule has 0 aliphatic rings. The summed E-state index contributed by atoms with van der Waals surface area (Å²) in [6.45, 7) is 2.11. The van der Waals surface area contributed by atoms with Gasteiger partial charge in [0.2, 0.25) is 0 Å². The van der Waals surface area contributed by atoms with E-state index in [0.717, 1.165) is 15.0 Å². The van der Waals surface area contributed by atoms with Gasteiger partial charge in [-0.15, -0.1) is 11.3 Å². The fraction of sp³-hybridized carbons (Fsp3) is 0.133. The number of aromatic nitrogens is 2. The van der Waals surface area contributed by atoms with Gasteiger partial charge in [-0.3, -0.25) is 0 Å². The van der Waals surface area contributed by atoms with Crippen molar-refractivity contribution >= 4 is 55.0 Å². The van der Waals surface area contributed by atoms with Gasteiger partial charge in [0.05, 0.1) is 17.6 Å². The quantitative estimate of drug-likeness (QED) is 0.683. The number of hydrogen-bond donors (Lipinski definition) is 1. The van der Waals surface area contributed by atoms with Gasteiger partial charge in [-0.2, -0.15) is 0 Å². The van der Waals surface area contributed by atoms with Crippen LogP contribution < -0.4 is 5.32 Å². The molecule has 0 spiro atoms. The number of carbonyl (C=O) groups excluding carboxylic acids is 1. The number of fused-ring (bicyclic) bond motifs is 1. The zero-order valence-electron chi connectivity index (χ0n) is 11.7. The van der Waals surface area contributed by atoms with Crippen molar-refractivity contribution in [1.82, 2.24) is 9.97 Å². The average Bonchev–Trinajstić information content (AvgIpc) is 2.93. The first-order valence-corrected chi connectivity index (χ1v) is 8.28. The van der Waals surface area contributed by atoms with Crippen LogP contribution in [-0.4, -0.2) is 22.5 Å². The van der Waals surface area contributed by atoms with Crippen molar-refractivity contribution in [3.8, 4) is 0 Å². The molecule has 0 unspecified atom stereocenters. The number of anilines is 2. The van der Waals surface area contributed by atoms with Crippen molar-refractivity contribution in [3.05, 3.63) is 46.0 Å². The Morgan fingerprint density at radius 3 is 3.05 bits per heavy atom. The summed E-state index contributed by atoms with van der Waals surface area (Å²) >= 11 is 4.83. The van der Waals surface area contributed by atoms with Crippen LogP contribution in [0, 0.1) is 0 Å². The average molecular weight is 378 g/mol. The van der Waals surface area contributed by atoms with E-state index in [2.05, 4.69) is 31.2 Å². The van der Waals surface area contributed by atoms with E-state index in [9.17, 15) is 4.79 Å². The van der Waals surface area contributed by atoms with Crippen molar-refractivity contribution in [2.24, 2.45) is 0 Å². The minimum atomic E-state index is -0.360. The molecule has 0 amide bonds. The topological polar surface area (TPSA) is 64.1 Å². The van der Waals surface area contributed by atoms with E-state index in [4.69, 9.17) is 4.74 Å². The predicted molar refractivity (Wildman–Crippen MR) is 90.8 cm³/mol. The van der Waals surface area contributed by atoms with Gasteiger partial charge < -0.3 is 10.1 Å². The van der Waals surface area contributed by atoms with Gasteiger partial charge in [0.1, 0.15) is 17.0 Å². The standard InChI is InChI=1S/C15H12BrN3O2S/c1-2-21-15(20)11-7-22-14-12(11)13(17-8-18-14)19-10-5-3-4-9(16)6-10/h3-8H,2H2,1H3,(H,17,18,19). The third kappa shape index (κ3) is 2.95. The van der Waals surface area contributed by atoms with Crippen molar-refractivity contribution in [3.63, 3.8) is 0 Å². The highest BCUT2D eigenvalue weighted by molar-refractivity contribution is 9.10. The van der Waals surface area contributed by atoms with Crippen molar-refractivity contribution in [2.45, 2.75) is 6.92 Å². The minimum absolute atomic E-state index is 0.332. The first-order valence-electron chi connectivity index (χ1n) is 6.61. The Kier molecular flexibility index (Phi) is 4.35. The first-order chi connectivity index (χ1) is 10.7. The number of hydrogen-bond acceptors (Lipinski definition) is 6. The summed E-state index contributed by atoms with van der Waals surface area (Å²) < 4.78 is 6.05. The number of benzene rings is 1. The predicted octanol–water partition coefficient (Wildman–Crippen LogP) is 4.37. The van der Waals surface area contributed by atoms with Crippen molar-refractivity contribution in [2.75, 3.05) is 11.9 Å². The van der Waals surface area contributed by atoms with E-state index in [1.165, 1.54) is 17.7 Å². The second kappa shape index (κ2) is 6.41. The van der Waals surface area contributed by atoms with Gasteiger partial charge in [0, 0.05) is 15.5 Å². The number of nitrogens with zero attached hydrogens (tertiary/aromatic N) is 2. The van der Waals surface area contributed by atoms with Gasteiger partial charge in [0.15, 0.2) is 0 Å². The Morgan fingerprint density at radius 1 is 1.41 bits per heavy atom. The van der Waals surface area contributed by atoms with E-state index in [-0.39, 0.29) is 5.97 Å². The van der Waals surface area contributed by atoms with E-state index >= 15 is 0 Å². The van der Waals surface area contributed by atoms with E-state index in [0.29, 0.717) is 23.4 Å². The van der Waals surface area contributed by atoms with Crippen LogP contribution in [0.15, 0.2) is 40.4 Å². The molecule has 0 saturated heterocycles. The maximum absolute atomic E-state index is 12.1. The van der Waals surface area contributed by atoms with E-state index in [1.807, 2.05) is 24.3 Å². The van der Waals surface area contributed by atoms with Gasteiger partial charge >= 0.3 is 5.97 Å². The Bertz CT molecular complexity index is 835. The minimum Gasteiger partial charge on any atom is -0.462 e. The SMILES string of the molecule is CCOC(=O)c1csc2ncnc(Nc3cccc(Br)c3)c12. The monoisotopic (exact) mass is 377 g/mol. The molecule has 7 heteroatoms. The third-order valence-corrected chi connectivity index (χ3v) is 4.33. The molecule has 3 aromatic rings. The van der Waals surface area contributed by atoms with Crippen LogP contribution in [0.4, 0.5) is 11.5 Å². The number of ether oxygens (including phenoxy) is 1. The molecule has 0 saturated carbocycles. The number of rotatable bonds is 4. The molecule has 0 aliphatic heterocycles. The highest BCUT2D eigenvalue weighted by Gasteiger charge is 2.18. The lowest BCUT2D eigenvalue weighted by atomic mass is 10.2. The van der Waals surface area contributed by atoms with Crippen molar-refractivity contribution in [1.29, 1.82) is 0 Å². The molecular weight excluding hydrogens is 366 g/mol. The second-order valence-electron chi connectivity index (χ2n) is 4.41. The maximum atomic E-state index is 12.1. The first kappa shape index (κ1) is 14.9. The molecule has 0 atom stereocenters. The highest BCUT2D eigenvalue weighted by atomic mass is 79.9. The fourth-order valence-corrected chi connectivity index (χ4v) is 3.31. The molecule has 22 heavy (non-hydrogen) atoms. The zero-order chi connectivity index (χ0) is 15.5. The highest BCUT2D eigenvalue weighted by Crippen LogP contribution is 2.31. The lowest BCUT2D eigenvalue weighted by Gasteiger charge is -2.08. The molecule has 1 N–H and O–H groups in total. The molecule has 2 heterocycles. The van der Waals surface area contributed by atoms with Gasteiger partial charge in [-0.25, -0.2) is 14.8 Å². The third-order valence-electron chi connectivity index (χ3n) is 2.95. The summed E-state index contributed by atoms with van der Waals surface area (Å²) in [6, 6.07) is 7.72. The lowest BCUT2D eigenvalue weighted by Crippen LogP contribution is -2.05. The van der Waals surface area contributed by atoms with Crippen LogP contribution >= 0.6 is 27.3 Å². The molecule has 0 radical (unpaired) electrons. The van der Waals surface area contributed by atoms with Crippen LogP contribution in [-0.2, 0) is 4.74 Å². The number of esters is 1. The Morgan fingerprint density at radius 2 is 2.27 bits per heavy atom. The molecule has 0 aliphatic carbocycles. The van der Waals surface area contributed by atoms with Crippen LogP contribution in [0.25, 0.3) is 10.2 Å². The largest absolute Gasteiger partial charge is 0.462 e. The Labute approximate surface area is 139 Å². The normalized spacial score (nSPS) is 10.6. The summed E-state index contributed by atoms with van der Waals surface area (Å²) in [4.78, 5) is 21.3. The molecule has 3 rings (SSSR count). The van der Waals surface area contributed by atoms with Crippen LogP contribution in [0.5, 0.6) is 0 Å². The van der Waals surface area contributed by atoms with E-state index < -0.39 is 0 Å². The van der Waals surface area contributed by atoms with Crippen LogP contribution in [0.2, 0.25) is 0 Å². The molecule has 1 aromatic carbocycles. The second-order valence-corrected chi connectivity index (χ2v) is 6.18. The maximum Gasteiger partial charge on any atom is 0.339 e. The molecule has 0 fully saturated rings. The molecule has 0 bridgehead atoms. The number of nitrogens with one attached hydrogen (secondary N) is 1. The molecule has 5 nitrogen and oxygen atoms in total. The van der Waals surface area contributed by atoms with Gasteiger partial charge in [-0.05, 0) is 25.1 Å². The van der Waals surface area contributed by atoms with Crippen molar-refractivity contribution < 1.29 is 9.53 Å². The Balaban J connectivity index is 2.05. The van der Waals surface area contributed by atoms with Gasteiger partial charge in [0.25, 0.3) is 0 Å². The lowest BCUT2D eigenvalue weighted by molar-refractivity contribution is 0.0529. The fourth-order valence-electron chi connectivity index (χ4n) is 2.03. The van der Waals surface area contributed by atoms with Crippen LogP contribution in [0.3, 0.4) is 0 Å². The number of halogens is 1. The zero-order valence-corrected chi connectivity index (χ0v) is 14.1. The number of carbonyl (C=O) groups is 1. The van der Waals surface area contributed by atoms with Gasteiger partial charge in [-0.1, -0.05) is 22.0 Å². The smallest absolute Gasteiger partial charge is 0.339 e. The molecular formula is C15H12BrN3O2S. The Hall–Kier alpha value is -1.99.